The molecule has 0 unspecified atom stereocenters. The van der Waals surface area contributed by atoms with E-state index in [4.69, 9.17) is 31.6 Å². The summed E-state index contributed by atoms with van der Waals surface area (Å²) < 4.78 is 11.0. The number of nitriles is 2. The first-order valence-corrected chi connectivity index (χ1v) is 7.12. The molecule has 0 aromatic heterocycles. The van der Waals surface area contributed by atoms with Crippen LogP contribution < -0.4 is 9.47 Å². The summed E-state index contributed by atoms with van der Waals surface area (Å²) in [6, 6.07) is 16.6. The predicted molar refractivity (Wildman–Crippen MR) is 88.0 cm³/mol. The second-order valence-corrected chi connectivity index (χ2v) is 5.00. The first-order chi connectivity index (χ1) is 11.2. The maximum absolute atomic E-state index is 8.82. The molecule has 0 saturated heterocycles. The first-order valence-electron chi connectivity index (χ1n) is 6.74. The van der Waals surface area contributed by atoms with Crippen molar-refractivity contribution in [2.45, 2.75) is 6.61 Å². The van der Waals surface area contributed by atoms with Crippen LogP contribution in [0.15, 0.2) is 48.0 Å². The number of methoxy groups -OCH3 is 1. The van der Waals surface area contributed by atoms with Gasteiger partial charge in [-0.25, -0.2) is 0 Å². The Labute approximate surface area is 139 Å². The van der Waals surface area contributed by atoms with Gasteiger partial charge in [-0.15, -0.1) is 0 Å². The van der Waals surface area contributed by atoms with Crippen molar-refractivity contribution in [1.29, 1.82) is 10.5 Å². The lowest BCUT2D eigenvalue weighted by Crippen LogP contribution is -1.98. The van der Waals surface area contributed by atoms with E-state index >= 15 is 0 Å². The predicted octanol–water partition coefficient (Wildman–Crippen LogP) is 4.36. The zero-order valence-electron chi connectivity index (χ0n) is 12.4. The SMILES string of the molecule is COc1cc(C=C(C#N)C#N)cc(Cl)c1OCc1ccccc1. The molecule has 0 N–H and O–H groups in total. The van der Waals surface area contributed by atoms with E-state index in [9.17, 15) is 0 Å². The molecule has 0 bridgehead atoms. The Bertz CT molecular complexity index is 786. The minimum Gasteiger partial charge on any atom is -0.493 e. The number of hydrogen-bond acceptors (Lipinski definition) is 4. The van der Waals surface area contributed by atoms with Crippen molar-refractivity contribution in [1.82, 2.24) is 0 Å². The zero-order valence-corrected chi connectivity index (χ0v) is 13.2. The normalized spacial score (nSPS) is 9.39. The molecule has 0 radical (unpaired) electrons. The standard InChI is InChI=1S/C18H13ClN2O2/c1-22-17-9-14(7-15(10-20)11-21)8-16(19)18(17)23-12-13-5-3-2-4-6-13/h2-9H,12H2,1H3. The number of ether oxygens (including phenoxy) is 2. The van der Waals surface area contributed by atoms with Gasteiger partial charge in [0.05, 0.1) is 12.1 Å². The van der Waals surface area contributed by atoms with E-state index in [0.29, 0.717) is 28.7 Å². The van der Waals surface area contributed by atoms with E-state index in [1.54, 1.807) is 24.3 Å². The molecule has 0 atom stereocenters. The van der Waals surface area contributed by atoms with E-state index < -0.39 is 0 Å². The number of allylic oxidation sites excluding steroid dienone is 1. The highest BCUT2D eigenvalue weighted by atomic mass is 35.5. The second kappa shape index (κ2) is 7.89. The van der Waals surface area contributed by atoms with Crippen molar-refractivity contribution in [2.24, 2.45) is 0 Å². The van der Waals surface area contributed by atoms with Crippen LogP contribution in [0.1, 0.15) is 11.1 Å². The highest BCUT2D eigenvalue weighted by Crippen LogP contribution is 2.37. The highest BCUT2D eigenvalue weighted by Gasteiger charge is 2.12. The fraction of sp³-hybridized carbons (Fsp3) is 0.111. The topological polar surface area (TPSA) is 66.0 Å². The minimum absolute atomic E-state index is 0.0129. The molecule has 114 valence electrons. The summed E-state index contributed by atoms with van der Waals surface area (Å²) in [5.74, 6) is 0.862. The third-order valence-electron chi connectivity index (χ3n) is 3.03. The van der Waals surface area contributed by atoms with Gasteiger partial charge in [0.2, 0.25) is 0 Å². The van der Waals surface area contributed by atoms with Gasteiger partial charge in [-0.1, -0.05) is 41.9 Å². The molecule has 2 aromatic carbocycles. The van der Waals surface area contributed by atoms with Crippen LogP contribution in [-0.4, -0.2) is 7.11 Å². The molecule has 0 heterocycles. The number of rotatable bonds is 5. The van der Waals surface area contributed by atoms with Gasteiger partial charge >= 0.3 is 0 Å². The fourth-order valence-corrected chi connectivity index (χ4v) is 2.22. The lowest BCUT2D eigenvalue weighted by atomic mass is 10.1. The second-order valence-electron chi connectivity index (χ2n) is 4.59. The molecular weight excluding hydrogens is 312 g/mol. The minimum atomic E-state index is -0.0129. The van der Waals surface area contributed by atoms with Crippen molar-refractivity contribution in [3.8, 4) is 23.6 Å². The molecule has 0 fully saturated rings. The Balaban J connectivity index is 2.29. The molecule has 4 nitrogen and oxygen atoms in total. The van der Waals surface area contributed by atoms with Crippen LogP contribution in [0, 0.1) is 22.7 Å². The van der Waals surface area contributed by atoms with E-state index in [1.807, 2.05) is 30.3 Å². The van der Waals surface area contributed by atoms with Crippen LogP contribution >= 0.6 is 11.6 Å². The average Bonchev–Trinajstić information content (AvgIpc) is 2.59. The van der Waals surface area contributed by atoms with E-state index in [-0.39, 0.29) is 5.57 Å². The van der Waals surface area contributed by atoms with Crippen LogP contribution in [0.3, 0.4) is 0 Å². The molecule has 0 spiro atoms. The van der Waals surface area contributed by atoms with Gasteiger partial charge in [-0.2, -0.15) is 10.5 Å². The van der Waals surface area contributed by atoms with E-state index in [2.05, 4.69) is 0 Å². The zero-order chi connectivity index (χ0) is 16.7. The van der Waals surface area contributed by atoms with Gasteiger partial charge in [-0.3, -0.25) is 0 Å². The van der Waals surface area contributed by atoms with Gasteiger partial charge in [0.15, 0.2) is 11.5 Å². The van der Waals surface area contributed by atoms with Gasteiger partial charge in [0.1, 0.15) is 24.3 Å². The summed E-state index contributed by atoms with van der Waals surface area (Å²) in [4.78, 5) is 0. The van der Waals surface area contributed by atoms with E-state index in [0.717, 1.165) is 5.56 Å². The monoisotopic (exact) mass is 324 g/mol. The first kappa shape index (κ1) is 16.4. The molecule has 2 aromatic rings. The third kappa shape index (κ3) is 4.26. The van der Waals surface area contributed by atoms with Gasteiger partial charge in [-0.05, 0) is 29.3 Å². The van der Waals surface area contributed by atoms with Crippen molar-refractivity contribution in [3.05, 3.63) is 64.2 Å². The lowest BCUT2D eigenvalue weighted by molar-refractivity contribution is 0.284. The van der Waals surface area contributed by atoms with Crippen molar-refractivity contribution in [2.75, 3.05) is 7.11 Å². The average molecular weight is 325 g/mol. The smallest absolute Gasteiger partial charge is 0.180 e. The van der Waals surface area contributed by atoms with Gasteiger partial charge in [0.25, 0.3) is 0 Å². The summed E-state index contributed by atoms with van der Waals surface area (Å²) in [6.45, 7) is 0.355. The summed E-state index contributed by atoms with van der Waals surface area (Å²) in [5, 5.41) is 18.0. The molecule has 0 aliphatic rings. The van der Waals surface area contributed by atoms with Crippen molar-refractivity contribution < 1.29 is 9.47 Å². The van der Waals surface area contributed by atoms with Crippen molar-refractivity contribution in [3.63, 3.8) is 0 Å². The lowest BCUT2D eigenvalue weighted by Gasteiger charge is -2.13. The van der Waals surface area contributed by atoms with Crippen molar-refractivity contribution >= 4 is 17.7 Å². The number of benzene rings is 2. The molecule has 0 amide bonds. The van der Waals surface area contributed by atoms with Crippen LogP contribution in [0.5, 0.6) is 11.5 Å². The third-order valence-corrected chi connectivity index (χ3v) is 3.31. The Hall–Kier alpha value is -2.95. The Morgan fingerprint density at radius 1 is 1.17 bits per heavy atom. The largest absolute Gasteiger partial charge is 0.493 e. The molecular formula is C18H13ClN2O2. The fourth-order valence-electron chi connectivity index (χ4n) is 1.95. The molecule has 5 heteroatoms. The number of halogens is 1. The van der Waals surface area contributed by atoms with Gasteiger partial charge < -0.3 is 9.47 Å². The summed E-state index contributed by atoms with van der Waals surface area (Å²) in [6.07, 6.45) is 1.44. The Morgan fingerprint density at radius 3 is 2.48 bits per heavy atom. The molecule has 2 rings (SSSR count). The molecule has 23 heavy (non-hydrogen) atoms. The molecule has 0 aliphatic heterocycles. The quantitative estimate of drug-likeness (QED) is 0.766. The van der Waals surface area contributed by atoms with Crippen LogP contribution in [0.25, 0.3) is 6.08 Å². The molecule has 0 saturated carbocycles. The van der Waals surface area contributed by atoms with Crippen LogP contribution in [0.4, 0.5) is 0 Å². The summed E-state index contributed by atoms with van der Waals surface area (Å²) in [5.41, 5.74) is 1.59. The Morgan fingerprint density at radius 2 is 1.87 bits per heavy atom. The summed E-state index contributed by atoms with van der Waals surface area (Å²) in [7, 11) is 1.50. The number of hydrogen-bond donors (Lipinski definition) is 0. The maximum Gasteiger partial charge on any atom is 0.180 e. The van der Waals surface area contributed by atoms with Crippen LogP contribution in [-0.2, 0) is 6.61 Å². The summed E-state index contributed by atoms with van der Waals surface area (Å²) >= 11 is 6.25. The van der Waals surface area contributed by atoms with Crippen LogP contribution in [0.2, 0.25) is 5.02 Å². The maximum atomic E-state index is 8.82. The molecule has 0 aliphatic carbocycles. The number of nitrogens with zero attached hydrogens (tertiary/aromatic N) is 2. The van der Waals surface area contributed by atoms with Gasteiger partial charge in [0, 0.05) is 0 Å². The highest BCUT2D eigenvalue weighted by molar-refractivity contribution is 6.32. The Kier molecular flexibility index (Phi) is 5.63. The van der Waals surface area contributed by atoms with E-state index in [1.165, 1.54) is 13.2 Å².